The summed E-state index contributed by atoms with van der Waals surface area (Å²) in [5.41, 5.74) is -0.708. The summed E-state index contributed by atoms with van der Waals surface area (Å²) in [5.74, 6) is -2.09. The van der Waals surface area contributed by atoms with Gasteiger partial charge in [0, 0.05) is 22.6 Å². The molecule has 1 heterocycles. The molecule has 1 aromatic rings. The average molecular weight is 354 g/mol. The van der Waals surface area contributed by atoms with Crippen LogP contribution >= 0.6 is 15.9 Å². The summed E-state index contributed by atoms with van der Waals surface area (Å²) in [4.78, 5) is 10.9. The Bertz CT molecular complexity index is 524. The highest BCUT2D eigenvalue weighted by molar-refractivity contribution is 9.10. The molecule has 1 fully saturated rings. The van der Waals surface area contributed by atoms with Crippen LogP contribution in [0.1, 0.15) is 23.6 Å². The van der Waals surface area contributed by atoms with Gasteiger partial charge < -0.3 is 15.5 Å². The summed E-state index contributed by atoms with van der Waals surface area (Å²) in [6.45, 7) is 0.215. The Balaban J connectivity index is 2.33. The van der Waals surface area contributed by atoms with Crippen LogP contribution in [0.2, 0.25) is 0 Å². The molecule has 8 heteroatoms. The molecule has 0 aliphatic carbocycles. The lowest BCUT2D eigenvalue weighted by atomic mass is 9.98. The van der Waals surface area contributed by atoms with Crippen molar-refractivity contribution in [2.75, 3.05) is 6.54 Å². The smallest absolute Gasteiger partial charge is 0.416 e. The molecule has 4 nitrogen and oxygen atoms in total. The second-order valence-electron chi connectivity index (χ2n) is 4.62. The van der Waals surface area contributed by atoms with E-state index in [2.05, 4.69) is 21.2 Å². The first-order valence-electron chi connectivity index (χ1n) is 5.76. The van der Waals surface area contributed by atoms with Crippen LogP contribution in [-0.4, -0.2) is 22.7 Å². The van der Waals surface area contributed by atoms with Crippen LogP contribution in [-0.2, 0) is 11.0 Å². The number of carbonyl (C=O) groups is 1. The second-order valence-corrected chi connectivity index (χ2v) is 5.47. The predicted molar refractivity (Wildman–Crippen MR) is 67.3 cm³/mol. The van der Waals surface area contributed by atoms with Gasteiger partial charge in [0.05, 0.1) is 11.5 Å². The third kappa shape index (κ3) is 2.90. The van der Waals surface area contributed by atoms with Gasteiger partial charge in [0.2, 0.25) is 0 Å². The molecule has 0 spiro atoms. The number of alkyl halides is 3. The summed E-state index contributed by atoms with van der Waals surface area (Å²) in [5, 5.41) is 21.6. The number of hydrogen-bond donors (Lipinski definition) is 3. The van der Waals surface area contributed by atoms with Crippen molar-refractivity contribution in [2.24, 2.45) is 5.92 Å². The fourth-order valence-corrected chi connectivity index (χ4v) is 2.98. The number of benzene rings is 1. The van der Waals surface area contributed by atoms with Crippen LogP contribution < -0.4 is 5.32 Å². The topological polar surface area (TPSA) is 69.6 Å². The highest BCUT2D eigenvalue weighted by Gasteiger charge is 2.36. The quantitative estimate of drug-likeness (QED) is 0.764. The Hall–Kier alpha value is -1.28. The van der Waals surface area contributed by atoms with Crippen molar-refractivity contribution >= 4 is 21.9 Å². The number of carboxylic acids is 1. The van der Waals surface area contributed by atoms with Gasteiger partial charge in [-0.05, 0) is 18.6 Å². The highest BCUT2D eigenvalue weighted by Crippen LogP contribution is 2.41. The van der Waals surface area contributed by atoms with Crippen molar-refractivity contribution in [1.82, 2.24) is 5.32 Å². The van der Waals surface area contributed by atoms with E-state index < -0.39 is 35.4 Å². The van der Waals surface area contributed by atoms with Gasteiger partial charge in [-0.25, -0.2) is 0 Å². The van der Waals surface area contributed by atoms with E-state index >= 15 is 0 Å². The van der Waals surface area contributed by atoms with Gasteiger partial charge in [0.25, 0.3) is 0 Å². The first kappa shape index (κ1) is 15.1. The number of rotatable bonds is 2. The van der Waals surface area contributed by atoms with Crippen molar-refractivity contribution in [3.05, 3.63) is 27.7 Å². The largest absolute Gasteiger partial charge is 0.508 e. The van der Waals surface area contributed by atoms with Gasteiger partial charge in [0.15, 0.2) is 0 Å². The molecule has 0 saturated carbocycles. The zero-order valence-electron chi connectivity index (χ0n) is 10.0. The van der Waals surface area contributed by atoms with Gasteiger partial charge in [-0.2, -0.15) is 13.2 Å². The van der Waals surface area contributed by atoms with Gasteiger partial charge in [-0.3, -0.25) is 4.79 Å². The number of aliphatic carboxylic acids is 1. The van der Waals surface area contributed by atoms with E-state index in [4.69, 9.17) is 5.11 Å². The Kier molecular flexibility index (Phi) is 3.97. The molecule has 20 heavy (non-hydrogen) atoms. The lowest BCUT2D eigenvalue weighted by Crippen LogP contribution is -2.17. The van der Waals surface area contributed by atoms with Crippen LogP contribution in [0.3, 0.4) is 0 Å². The lowest BCUT2D eigenvalue weighted by molar-refractivity contribution is -0.141. The molecular weight excluding hydrogens is 343 g/mol. The summed E-state index contributed by atoms with van der Waals surface area (Å²) in [7, 11) is 0. The zero-order chi connectivity index (χ0) is 15.1. The minimum atomic E-state index is -4.55. The van der Waals surface area contributed by atoms with Crippen LogP contribution in [0.5, 0.6) is 5.75 Å². The normalized spacial score (nSPS) is 23.0. The molecule has 1 aliphatic heterocycles. The van der Waals surface area contributed by atoms with Crippen molar-refractivity contribution in [2.45, 2.75) is 18.6 Å². The molecule has 1 saturated heterocycles. The standard InChI is InChI=1S/C12H11BrF3NO3/c13-7-2-6(12(14,15)16)3-9(18)10(7)8-1-5(4-17-8)11(19)20/h2-3,5,8,17-18H,1,4H2,(H,19,20). The number of aromatic hydroxyl groups is 1. The van der Waals surface area contributed by atoms with Crippen molar-refractivity contribution in [1.29, 1.82) is 0 Å². The van der Waals surface area contributed by atoms with Crippen LogP contribution in [0.15, 0.2) is 16.6 Å². The zero-order valence-corrected chi connectivity index (χ0v) is 11.6. The molecule has 110 valence electrons. The molecule has 1 aliphatic rings. The SMILES string of the molecule is O=C(O)C1CNC(c2c(O)cc(C(F)(F)F)cc2Br)C1. The van der Waals surface area contributed by atoms with Gasteiger partial charge in [-0.1, -0.05) is 15.9 Å². The number of halogens is 4. The minimum Gasteiger partial charge on any atom is -0.508 e. The number of nitrogens with one attached hydrogen (secondary N) is 1. The van der Waals surface area contributed by atoms with Crippen LogP contribution in [0, 0.1) is 5.92 Å². The van der Waals surface area contributed by atoms with Gasteiger partial charge >= 0.3 is 12.1 Å². The first-order valence-corrected chi connectivity index (χ1v) is 6.55. The fraction of sp³-hybridized carbons (Fsp3) is 0.417. The van der Waals surface area contributed by atoms with Crippen molar-refractivity contribution in [3.63, 3.8) is 0 Å². The van der Waals surface area contributed by atoms with E-state index in [1.54, 1.807) is 0 Å². The molecule has 0 bridgehead atoms. The predicted octanol–water partition coefficient (Wildman–Crippen LogP) is 2.91. The number of phenols is 1. The maximum Gasteiger partial charge on any atom is 0.416 e. The summed E-state index contributed by atoms with van der Waals surface area (Å²) in [6.07, 6.45) is -4.34. The van der Waals surface area contributed by atoms with E-state index in [9.17, 15) is 23.1 Å². The average Bonchev–Trinajstić information content (AvgIpc) is 2.76. The van der Waals surface area contributed by atoms with Crippen molar-refractivity contribution < 1.29 is 28.2 Å². The Morgan fingerprint density at radius 2 is 2.05 bits per heavy atom. The minimum absolute atomic E-state index is 0.105. The lowest BCUT2D eigenvalue weighted by Gasteiger charge is -2.17. The molecule has 0 radical (unpaired) electrons. The van der Waals surface area contributed by atoms with Crippen molar-refractivity contribution in [3.8, 4) is 5.75 Å². The van der Waals surface area contributed by atoms with E-state index in [1.807, 2.05) is 0 Å². The van der Waals surface area contributed by atoms with Gasteiger partial charge in [0.1, 0.15) is 5.75 Å². The summed E-state index contributed by atoms with van der Waals surface area (Å²) >= 11 is 3.01. The molecule has 2 unspecified atom stereocenters. The van der Waals surface area contributed by atoms with E-state index in [1.165, 1.54) is 0 Å². The number of hydrogen-bond acceptors (Lipinski definition) is 3. The molecule has 0 aromatic heterocycles. The maximum absolute atomic E-state index is 12.6. The molecule has 0 amide bonds. The molecule has 2 atom stereocenters. The third-order valence-electron chi connectivity index (χ3n) is 3.26. The highest BCUT2D eigenvalue weighted by atomic mass is 79.9. The van der Waals surface area contributed by atoms with E-state index in [-0.39, 0.29) is 23.0 Å². The summed E-state index contributed by atoms with van der Waals surface area (Å²) < 4.78 is 37.9. The van der Waals surface area contributed by atoms with Crippen LogP contribution in [0.25, 0.3) is 0 Å². The fourth-order valence-electron chi connectivity index (χ4n) is 2.26. The van der Waals surface area contributed by atoms with E-state index in [0.29, 0.717) is 6.07 Å². The second kappa shape index (κ2) is 5.25. The first-order chi connectivity index (χ1) is 9.20. The van der Waals surface area contributed by atoms with E-state index in [0.717, 1.165) is 6.07 Å². The Morgan fingerprint density at radius 1 is 1.40 bits per heavy atom. The maximum atomic E-state index is 12.6. The number of phenolic OH excluding ortho intramolecular Hbond substituents is 1. The molecule has 2 rings (SSSR count). The molecule has 1 aromatic carbocycles. The van der Waals surface area contributed by atoms with Crippen LogP contribution in [0.4, 0.5) is 13.2 Å². The number of carboxylic acid groups (broad SMARTS) is 1. The Labute approximate surface area is 120 Å². The Morgan fingerprint density at radius 3 is 2.50 bits per heavy atom. The summed E-state index contributed by atoms with van der Waals surface area (Å²) in [6, 6.07) is 1.04. The molecular formula is C12H11BrF3NO3. The molecule has 3 N–H and O–H groups in total. The monoisotopic (exact) mass is 353 g/mol. The van der Waals surface area contributed by atoms with Gasteiger partial charge in [-0.15, -0.1) is 0 Å². The third-order valence-corrected chi connectivity index (χ3v) is 3.92.